The average Bonchev–Trinajstić information content (AvgIpc) is 2.96. The number of carbonyl (C=O) groups excluding carboxylic acids is 1. The maximum Gasteiger partial charge on any atom is 0.355 e. The zero-order valence-corrected chi connectivity index (χ0v) is 26.5. The number of phenolic OH excluding ortho intramolecular Hbond substituents is 1. The van der Waals surface area contributed by atoms with Crippen LogP contribution >= 0.6 is 7.14 Å². The van der Waals surface area contributed by atoms with Gasteiger partial charge in [-0.15, -0.1) is 0 Å². The van der Waals surface area contributed by atoms with Crippen LogP contribution in [0.15, 0.2) is 53.6 Å². The number of anilines is 1. The fourth-order valence-corrected chi connectivity index (χ4v) is 6.78. The van der Waals surface area contributed by atoms with E-state index in [2.05, 4.69) is 16.5 Å². The summed E-state index contributed by atoms with van der Waals surface area (Å²) >= 11 is 0. The molecule has 1 aliphatic rings. The molecule has 1 saturated heterocycles. The minimum atomic E-state index is -2.68. The molecule has 0 spiro atoms. The molecule has 9 nitrogen and oxygen atoms in total. The van der Waals surface area contributed by atoms with Crippen molar-refractivity contribution in [2.24, 2.45) is 0 Å². The van der Waals surface area contributed by atoms with E-state index in [1.807, 2.05) is 6.92 Å². The largest absolute Gasteiger partial charge is 0.507 e. The van der Waals surface area contributed by atoms with E-state index in [0.29, 0.717) is 28.5 Å². The summed E-state index contributed by atoms with van der Waals surface area (Å²) in [5.74, 6) is -4.26. The maximum absolute atomic E-state index is 15.9. The van der Waals surface area contributed by atoms with Crippen LogP contribution in [0.2, 0.25) is 0 Å². The van der Waals surface area contributed by atoms with Gasteiger partial charge in [0.05, 0.1) is 16.6 Å². The van der Waals surface area contributed by atoms with Gasteiger partial charge in [-0.3, -0.25) is 4.79 Å². The van der Waals surface area contributed by atoms with E-state index in [0.717, 1.165) is 12.1 Å². The van der Waals surface area contributed by atoms with Crippen molar-refractivity contribution in [2.45, 2.75) is 33.2 Å². The van der Waals surface area contributed by atoms with Crippen molar-refractivity contribution in [1.29, 1.82) is 0 Å². The molecule has 236 valence electrons. The van der Waals surface area contributed by atoms with E-state index < -0.39 is 59.2 Å². The number of rotatable bonds is 6. The highest BCUT2D eigenvalue weighted by Gasteiger charge is 2.32. The van der Waals surface area contributed by atoms with Gasteiger partial charge in [0.15, 0.2) is 17.3 Å². The van der Waals surface area contributed by atoms with Crippen molar-refractivity contribution < 1.29 is 27.6 Å². The number of piperazine rings is 1. The van der Waals surface area contributed by atoms with Gasteiger partial charge in [-0.05, 0) is 75.1 Å². The van der Waals surface area contributed by atoms with Gasteiger partial charge in [0, 0.05) is 31.0 Å². The van der Waals surface area contributed by atoms with Crippen LogP contribution in [0.4, 0.5) is 19.0 Å². The van der Waals surface area contributed by atoms with Crippen LogP contribution in [0.25, 0.3) is 28.0 Å². The topological polar surface area (TPSA) is 109 Å². The van der Waals surface area contributed by atoms with Gasteiger partial charge in [0.25, 0.3) is 5.91 Å². The molecule has 1 amide bonds. The Morgan fingerprint density at radius 2 is 1.84 bits per heavy atom. The summed E-state index contributed by atoms with van der Waals surface area (Å²) in [6, 6.07) is 7.65. The number of aromatic hydroxyl groups is 1. The number of aromatic nitrogens is 3. The van der Waals surface area contributed by atoms with E-state index >= 15 is 4.39 Å². The lowest BCUT2D eigenvalue weighted by molar-refractivity contribution is -0.129. The van der Waals surface area contributed by atoms with Crippen molar-refractivity contribution in [1.82, 2.24) is 19.4 Å². The van der Waals surface area contributed by atoms with Crippen LogP contribution in [0.1, 0.15) is 25.0 Å². The Kier molecular flexibility index (Phi) is 8.39. The molecule has 3 heterocycles. The van der Waals surface area contributed by atoms with Crippen LogP contribution < -0.4 is 15.9 Å². The molecule has 0 saturated carbocycles. The van der Waals surface area contributed by atoms with Crippen molar-refractivity contribution in [2.75, 3.05) is 37.9 Å². The van der Waals surface area contributed by atoms with Crippen LogP contribution in [0.3, 0.4) is 0 Å². The lowest BCUT2D eigenvalue weighted by atomic mass is 10.0. The number of amides is 1. The van der Waals surface area contributed by atoms with Crippen LogP contribution in [-0.4, -0.2) is 69.5 Å². The predicted molar refractivity (Wildman–Crippen MR) is 169 cm³/mol. The first-order chi connectivity index (χ1) is 21.1. The highest BCUT2D eigenvalue weighted by Crippen LogP contribution is 2.39. The normalized spacial score (nSPS) is 15.5. The molecule has 1 atom stereocenters. The van der Waals surface area contributed by atoms with Crippen LogP contribution in [0, 0.1) is 18.6 Å². The zero-order valence-electron chi connectivity index (χ0n) is 25.6. The third-order valence-corrected chi connectivity index (χ3v) is 9.54. The first-order valence-corrected chi connectivity index (χ1v) is 16.9. The second-order valence-corrected chi connectivity index (χ2v) is 14.8. The lowest BCUT2D eigenvalue weighted by Gasteiger charge is -2.40. The SMILES string of the molecule is C=C(F)C(=O)N1CCN(c2nc(=O)n(-c3c(C)cc(P(C)(C)=O)cc3CC)c3nc(-c4c(O)cccc4F)c(F)cc23)[C@@H](C)C1. The quantitative estimate of drug-likeness (QED) is 0.232. The number of halogens is 3. The van der Waals surface area contributed by atoms with Gasteiger partial charge in [0.2, 0.25) is 0 Å². The number of fused-ring (bicyclic) bond motifs is 1. The van der Waals surface area contributed by atoms with Crippen molar-refractivity contribution in [3.63, 3.8) is 0 Å². The molecular weight excluding hydrogens is 606 g/mol. The number of pyridine rings is 1. The standard InChI is InChI=1S/C32H33F3N5O4P/c1-7-20-14-21(45(5,6)44)13-17(2)28(20)40-30-22(15-24(35)27(36-30)26-23(34)9-8-10-25(26)41)29(37-32(40)43)39-12-11-38(16-18(39)3)31(42)19(4)33/h8-10,13-15,18,41H,4,7,11-12,16H2,1-3,5-6H3/t18-/m0/s1. The molecule has 2 aromatic carbocycles. The summed E-state index contributed by atoms with van der Waals surface area (Å²) in [5, 5.41) is 11.2. The number of benzene rings is 2. The molecule has 1 aliphatic heterocycles. The van der Waals surface area contributed by atoms with Gasteiger partial charge < -0.3 is 19.5 Å². The van der Waals surface area contributed by atoms with Crippen molar-refractivity contribution in [3.8, 4) is 22.7 Å². The minimum absolute atomic E-state index is 0.0476. The third kappa shape index (κ3) is 5.75. The Morgan fingerprint density at radius 1 is 1.13 bits per heavy atom. The van der Waals surface area contributed by atoms with Crippen molar-refractivity contribution in [3.05, 3.63) is 82.0 Å². The van der Waals surface area contributed by atoms with Gasteiger partial charge in [-0.2, -0.15) is 4.98 Å². The summed E-state index contributed by atoms with van der Waals surface area (Å²) in [5.41, 5.74) is -0.107. The van der Waals surface area contributed by atoms with Crippen LogP contribution in [0.5, 0.6) is 5.75 Å². The van der Waals surface area contributed by atoms with Gasteiger partial charge >= 0.3 is 5.69 Å². The molecule has 4 aromatic rings. The molecule has 13 heteroatoms. The molecule has 0 bridgehead atoms. The number of phenols is 1. The van der Waals surface area contributed by atoms with Crippen LogP contribution in [-0.2, 0) is 15.8 Å². The van der Waals surface area contributed by atoms with E-state index in [1.165, 1.54) is 21.6 Å². The Bertz CT molecular complexity index is 1970. The highest BCUT2D eigenvalue weighted by molar-refractivity contribution is 7.70. The smallest absolute Gasteiger partial charge is 0.355 e. The Hall–Kier alpha value is -4.44. The minimum Gasteiger partial charge on any atom is -0.507 e. The summed E-state index contributed by atoms with van der Waals surface area (Å²) in [6.45, 7) is 12.1. The second-order valence-electron chi connectivity index (χ2n) is 11.6. The predicted octanol–water partition coefficient (Wildman–Crippen LogP) is 5.07. The first kappa shape index (κ1) is 32.0. The Labute approximate surface area is 258 Å². The highest BCUT2D eigenvalue weighted by atomic mass is 31.2. The molecule has 1 N–H and O–H groups in total. The number of aryl methyl sites for hydroxylation is 2. The van der Waals surface area contributed by atoms with E-state index in [-0.39, 0.29) is 36.5 Å². The summed E-state index contributed by atoms with van der Waals surface area (Å²) in [7, 11) is -2.68. The lowest BCUT2D eigenvalue weighted by Crippen LogP contribution is -2.54. The molecular formula is C32H33F3N5O4P. The Balaban J connectivity index is 1.82. The molecule has 0 radical (unpaired) electrons. The first-order valence-electron chi connectivity index (χ1n) is 14.3. The van der Waals surface area contributed by atoms with Gasteiger partial charge in [-0.1, -0.05) is 19.6 Å². The third-order valence-electron chi connectivity index (χ3n) is 8.04. The summed E-state index contributed by atoms with van der Waals surface area (Å²) < 4.78 is 58.7. The van der Waals surface area contributed by atoms with Gasteiger partial charge in [0.1, 0.15) is 30.2 Å². The fraction of sp³-hybridized carbons (Fsp3) is 0.312. The number of nitrogens with zero attached hydrogens (tertiary/aromatic N) is 5. The van der Waals surface area contributed by atoms with E-state index in [4.69, 9.17) is 0 Å². The van der Waals surface area contributed by atoms with E-state index in [1.54, 1.807) is 44.2 Å². The second kappa shape index (κ2) is 11.8. The summed E-state index contributed by atoms with van der Waals surface area (Å²) in [6.07, 6.45) is 0.439. The average molecular weight is 640 g/mol. The fourth-order valence-electron chi connectivity index (χ4n) is 5.81. The monoisotopic (exact) mass is 639 g/mol. The number of carbonyl (C=O) groups is 1. The van der Waals surface area contributed by atoms with Gasteiger partial charge in [-0.25, -0.2) is 27.5 Å². The van der Waals surface area contributed by atoms with E-state index in [9.17, 15) is 28.0 Å². The molecule has 5 rings (SSSR count). The molecule has 2 aromatic heterocycles. The summed E-state index contributed by atoms with van der Waals surface area (Å²) in [4.78, 5) is 38.1. The zero-order chi connectivity index (χ0) is 33.0. The number of hydrogen-bond acceptors (Lipinski definition) is 7. The maximum atomic E-state index is 15.9. The number of hydrogen-bond donors (Lipinski definition) is 1. The molecule has 1 fully saturated rings. The molecule has 0 unspecified atom stereocenters. The molecule has 0 aliphatic carbocycles. The molecule has 45 heavy (non-hydrogen) atoms. The van der Waals surface area contributed by atoms with Crippen molar-refractivity contribution >= 4 is 35.2 Å². The Morgan fingerprint density at radius 3 is 2.44 bits per heavy atom.